The number of aromatic hydroxyl groups is 2. The van der Waals surface area contributed by atoms with Gasteiger partial charge in [0.05, 0.1) is 0 Å². The SMILES string of the molecule is CCc1ccc(O)cc1.Cc1cccc(O)c1C. The average Bonchev–Trinajstić information content (AvgIpc) is 2.38. The zero-order valence-electron chi connectivity index (χ0n) is 11.1. The second-order valence-electron chi connectivity index (χ2n) is 4.24. The first-order valence-corrected chi connectivity index (χ1v) is 6.07. The average molecular weight is 244 g/mol. The van der Waals surface area contributed by atoms with Crippen molar-refractivity contribution in [1.82, 2.24) is 0 Å². The van der Waals surface area contributed by atoms with E-state index in [9.17, 15) is 0 Å². The molecular weight excluding hydrogens is 224 g/mol. The monoisotopic (exact) mass is 244 g/mol. The highest BCUT2D eigenvalue weighted by Crippen LogP contribution is 2.17. The van der Waals surface area contributed by atoms with E-state index >= 15 is 0 Å². The molecular formula is C16H20O2. The van der Waals surface area contributed by atoms with Crippen molar-refractivity contribution < 1.29 is 10.2 Å². The summed E-state index contributed by atoms with van der Waals surface area (Å²) in [6, 6.07) is 12.8. The molecule has 18 heavy (non-hydrogen) atoms. The summed E-state index contributed by atoms with van der Waals surface area (Å²) in [6.07, 6.45) is 1.03. The lowest BCUT2D eigenvalue weighted by Gasteiger charge is -1.99. The van der Waals surface area contributed by atoms with Gasteiger partial charge in [-0.05, 0) is 55.2 Å². The van der Waals surface area contributed by atoms with Gasteiger partial charge in [0.25, 0.3) is 0 Å². The van der Waals surface area contributed by atoms with Gasteiger partial charge in [-0.15, -0.1) is 0 Å². The van der Waals surface area contributed by atoms with Crippen LogP contribution in [0.5, 0.6) is 11.5 Å². The summed E-state index contributed by atoms with van der Waals surface area (Å²) in [6.45, 7) is 5.98. The van der Waals surface area contributed by atoms with Crippen LogP contribution in [0.4, 0.5) is 0 Å². The van der Waals surface area contributed by atoms with E-state index in [0.29, 0.717) is 11.5 Å². The maximum Gasteiger partial charge on any atom is 0.118 e. The van der Waals surface area contributed by atoms with Crippen molar-refractivity contribution in [3.8, 4) is 11.5 Å². The molecule has 0 unspecified atom stereocenters. The van der Waals surface area contributed by atoms with E-state index in [4.69, 9.17) is 10.2 Å². The normalized spacial score (nSPS) is 9.50. The molecule has 2 aromatic rings. The Morgan fingerprint density at radius 2 is 1.50 bits per heavy atom. The summed E-state index contributed by atoms with van der Waals surface area (Å²) in [4.78, 5) is 0. The van der Waals surface area contributed by atoms with Crippen molar-refractivity contribution in [2.45, 2.75) is 27.2 Å². The topological polar surface area (TPSA) is 40.5 Å². The zero-order chi connectivity index (χ0) is 13.5. The van der Waals surface area contributed by atoms with Crippen molar-refractivity contribution in [2.75, 3.05) is 0 Å². The first-order chi connectivity index (χ1) is 8.54. The predicted octanol–water partition coefficient (Wildman–Crippen LogP) is 3.96. The minimum absolute atomic E-state index is 0.340. The largest absolute Gasteiger partial charge is 0.508 e. The third-order valence-electron chi connectivity index (χ3n) is 2.92. The summed E-state index contributed by atoms with van der Waals surface area (Å²) < 4.78 is 0. The molecule has 0 heterocycles. The minimum Gasteiger partial charge on any atom is -0.508 e. The molecule has 0 aliphatic rings. The zero-order valence-corrected chi connectivity index (χ0v) is 11.1. The molecule has 0 bridgehead atoms. The molecule has 2 aromatic carbocycles. The first kappa shape index (κ1) is 14.1. The van der Waals surface area contributed by atoms with Crippen LogP contribution in [0.2, 0.25) is 0 Å². The lowest BCUT2D eigenvalue weighted by atomic mass is 10.1. The molecule has 2 N–H and O–H groups in total. The smallest absolute Gasteiger partial charge is 0.118 e. The lowest BCUT2D eigenvalue weighted by molar-refractivity contribution is 0.470. The second kappa shape index (κ2) is 6.70. The maximum atomic E-state index is 9.10. The van der Waals surface area contributed by atoms with Gasteiger partial charge in [0, 0.05) is 0 Å². The van der Waals surface area contributed by atoms with E-state index in [2.05, 4.69) is 6.92 Å². The van der Waals surface area contributed by atoms with Crippen molar-refractivity contribution in [3.63, 3.8) is 0 Å². The number of aryl methyl sites for hydroxylation is 2. The summed E-state index contributed by atoms with van der Waals surface area (Å²) in [5.41, 5.74) is 3.36. The van der Waals surface area contributed by atoms with Gasteiger partial charge in [-0.2, -0.15) is 0 Å². The number of phenols is 2. The van der Waals surface area contributed by atoms with E-state index in [0.717, 1.165) is 17.5 Å². The van der Waals surface area contributed by atoms with Gasteiger partial charge in [-0.25, -0.2) is 0 Å². The lowest BCUT2D eigenvalue weighted by Crippen LogP contribution is -1.78. The number of benzene rings is 2. The van der Waals surface area contributed by atoms with Crippen molar-refractivity contribution in [1.29, 1.82) is 0 Å². The molecule has 2 heteroatoms. The van der Waals surface area contributed by atoms with Crippen LogP contribution < -0.4 is 0 Å². The molecule has 0 fully saturated rings. The van der Waals surface area contributed by atoms with Crippen LogP contribution in [0.1, 0.15) is 23.6 Å². The molecule has 0 spiro atoms. The Hall–Kier alpha value is -1.96. The van der Waals surface area contributed by atoms with Crippen LogP contribution >= 0.6 is 0 Å². The third kappa shape index (κ3) is 4.13. The van der Waals surface area contributed by atoms with E-state index in [1.807, 2.05) is 38.1 Å². The predicted molar refractivity (Wildman–Crippen MR) is 75.1 cm³/mol. The Bertz CT molecular complexity index is 467. The molecule has 0 aliphatic heterocycles. The van der Waals surface area contributed by atoms with Gasteiger partial charge in [0.1, 0.15) is 11.5 Å². The van der Waals surface area contributed by atoms with Crippen LogP contribution in [0.25, 0.3) is 0 Å². The van der Waals surface area contributed by atoms with Crippen molar-refractivity contribution >= 4 is 0 Å². The number of hydrogen-bond acceptors (Lipinski definition) is 2. The van der Waals surface area contributed by atoms with Crippen LogP contribution in [0, 0.1) is 13.8 Å². The van der Waals surface area contributed by atoms with Crippen molar-refractivity contribution in [2.24, 2.45) is 0 Å². The van der Waals surface area contributed by atoms with Gasteiger partial charge in [0.15, 0.2) is 0 Å². The van der Waals surface area contributed by atoms with Crippen LogP contribution in [0.15, 0.2) is 42.5 Å². The molecule has 2 nitrogen and oxygen atoms in total. The fraction of sp³-hybridized carbons (Fsp3) is 0.250. The van der Waals surface area contributed by atoms with E-state index < -0.39 is 0 Å². The first-order valence-electron chi connectivity index (χ1n) is 6.07. The standard InChI is InChI=1S/2C8H10O/c1-6-4-3-5-8(9)7(6)2;1-2-7-3-5-8(9)6-4-7/h3-5,9H,1-2H3;3-6,9H,2H2,1H3. The molecule has 0 aromatic heterocycles. The number of phenolic OH excluding ortho intramolecular Hbond substituents is 2. The van der Waals surface area contributed by atoms with Gasteiger partial charge >= 0.3 is 0 Å². The van der Waals surface area contributed by atoms with Gasteiger partial charge in [-0.1, -0.05) is 31.2 Å². The minimum atomic E-state index is 0.340. The molecule has 0 amide bonds. The summed E-state index contributed by atoms with van der Waals surface area (Å²) in [7, 11) is 0. The molecule has 0 atom stereocenters. The molecule has 2 rings (SSSR count). The van der Waals surface area contributed by atoms with Crippen LogP contribution in [-0.4, -0.2) is 10.2 Å². The van der Waals surface area contributed by atoms with Gasteiger partial charge in [-0.3, -0.25) is 0 Å². The molecule has 0 aliphatic carbocycles. The fourth-order valence-electron chi connectivity index (χ4n) is 1.47. The summed E-state index contributed by atoms with van der Waals surface area (Å²) >= 11 is 0. The third-order valence-corrected chi connectivity index (χ3v) is 2.92. The highest BCUT2D eigenvalue weighted by atomic mass is 16.3. The van der Waals surface area contributed by atoms with E-state index in [1.165, 1.54) is 5.56 Å². The number of hydrogen-bond donors (Lipinski definition) is 2. The van der Waals surface area contributed by atoms with Gasteiger partial charge in [0.2, 0.25) is 0 Å². The van der Waals surface area contributed by atoms with Crippen LogP contribution in [0.3, 0.4) is 0 Å². The molecule has 96 valence electrons. The Labute approximate surface area is 109 Å². The highest BCUT2D eigenvalue weighted by Gasteiger charge is 1.94. The maximum absolute atomic E-state index is 9.10. The molecule has 0 saturated carbocycles. The van der Waals surface area contributed by atoms with Gasteiger partial charge < -0.3 is 10.2 Å². The highest BCUT2D eigenvalue weighted by molar-refractivity contribution is 5.36. The Kier molecular flexibility index (Phi) is 5.25. The Morgan fingerprint density at radius 3 is 1.94 bits per heavy atom. The van der Waals surface area contributed by atoms with Crippen molar-refractivity contribution in [3.05, 3.63) is 59.2 Å². The Morgan fingerprint density at radius 1 is 0.889 bits per heavy atom. The van der Waals surface area contributed by atoms with E-state index in [-0.39, 0.29) is 0 Å². The second-order valence-corrected chi connectivity index (χ2v) is 4.24. The number of rotatable bonds is 1. The van der Waals surface area contributed by atoms with E-state index in [1.54, 1.807) is 18.2 Å². The van der Waals surface area contributed by atoms with Crippen LogP contribution in [-0.2, 0) is 6.42 Å². The summed E-state index contributed by atoms with van der Waals surface area (Å²) in [5, 5.41) is 18.0. The fourth-order valence-corrected chi connectivity index (χ4v) is 1.47. The summed E-state index contributed by atoms with van der Waals surface area (Å²) in [5.74, 6) is 0.724. The molecule has 0 radical (unpaired) electrons. The molecule has 0 saturated heterocycles. The quantitative estimate of drug-likeness (QED) is 0.797. The Balaban J connectivity index is 0.000000180.